The molecule has 1 saturated carbocycles. The normalized spacial score (nSPS) is 16.5. The van der Waals surface area contributed by atoms with Gasteiger partial charge in [0.05, 0.1) is 5.69 Å². The number of aromatic amines is 1. The van der Waals surface area contributed by atoms with E-state index in [4.69, 9.17) is 5.11 Å². The van der Waals surface area contributed by atoms with Gasteiger partial charge < -0.3 is 20.7 Å². The van der Waals surface area contributed by atoms with E-state index in [1.54, 1.807) is 13.0 Å². The van der Waals surface area contributed by atoms with Crippen LogP contribution in [0.2, 0.25) is 0 Å². The summed E-state index contributed by atoms with van der Waals surface area (Å²) in [6.45, 7) is 4.50. The molecule has 1 fully saturated rings. The van der Waals surface area contributed by atoms with Crippen LogP contribution < -0.4 is 10.6 Å². The van der Waals surface area contributed by atoms with Crippen LogP contribution in [-0.4, -0.2) is 28.6 Å². The van der Waals surface area contributed by atoms with Gasteiger partial charge in [-0.05, 0) is 31.2 Å². The summed E-state index contributed by atoms with van der Waals surface area (Å²) in [5, 5.41) is 14.4. The fourth-order valence-electron chi connectivity index (χ4n) is 2.27. The Morgan fingerprint density at radius 2 is 2.16 bits per heavy atom. The summed E-state index contributed by atoms with van der Waals surface area (Å²) < 4.78 is 0. The van der Waals surface area contributed by atoms with Gasteiger partial charge in [0.15, 0.2) is 0 Å². The number of aromatic carboxylic acids is 1. The van der Waals surface area contributed by atoms with E-state index in [9.17, 15) is 9.59 Å². The van der Waals surface area contributed by atoms with Gasteiger partial charge in [-0.3, -0.25) is 0 Å². The Bertz CT molecular complexity index is 503. The number of aryl methyl sites for hydroxylation is 1. The van der Waals surface area contributed by atoms with E-state index >= 15 is 0 Å². The average molecular weight is 265 g/mol. The molecule has 0 bridgehead atoms. The zero-order valence-corrected chi connectivity index (χ0v) is 11.2. The third kappa shape index (κ3) is 3.07. The molecule has 2 rings (SSSR count). The summed E-state index contributed by atoms with van der Waals surface area (Å²) in [6, 6.07) is 1.24. The molecule has 0 atom stereocenters. The Labute approximate surface area is 111 Å². The second kappa shape index (κ2) is 4.95. The molecule has 0 aliphatic heterocycles. The summed E-state index contributed by atoms with van der Waals surface area (Å²) in [5.41, 5.74) is 1.18. The van der Waals surface area contributed by atoms with Crippen molar-refractivity contribution in [1.82, 2.24) is 10.3 Å². The lowest BCUT2D eigenvalue weighted by Gasteiger charge is -2.38. The van der Waals surface area contributed by atoms with Crippen LogP contribution >= 0.6 is 0 Å². The van der Waals surface area contributed by atoms with Gasteiger partial charge in [0, 0.05) is 12.2 Å². The number of anilines is 1. The number of amides is 2. The Kier molecular flexibility index (Phi) is 3.50. The molecule has 1 aliphatic carbocycles. The van der Waals surface area contributed by atoms with E-state index in [1.165, 1.54) is 6.42 Å². The van der Waals surface area contributed by atoms with Crippen molar-refractivity contribution >= 4 is 17.7 Å². The number of nitrogens with one attached hydrogen (secondary N) is 3. The largest absolute Gasteiger partial charge is 0.477 e. The molecular weight excluding hydrogens is 246 g/mol. The third-order valence-corrected chi connectivity index (χ3v) is 3.65. The lowest BCUT2D eigenvalue weighted by atomic mass is 9.70. The third-order valence-electron chi connectivity index (χ3n) is 3.65. The predicted octanol–water partition coefficient (Wildman–Crippen LogP) is 2.33. The predicted molar refractivity (Wildman–Crippen MR) is 71.5 cm³/mol. The minimum Gasteiger partial charge on any atom is -0.477 e. The molecule has 2 amide bonds. The Morgan fingerprint density at radius 3 is 2.68 bits per heavy atom. The number of carbonyl (C=O) groups is 2. The molecule has 0 saturated heterocycles. The van der Waals surface area contributed by atoms with Crippen LogP contribution in [0, 0.1) is 12.3 Å². The van der Waals surface area contributed by atoms with Crippen LogP contribution in [0.25, 0.3) is 0 Å². The van der Waals surface area contributed by atoms with Gasteiger partial charge in [0.25, 0.3) is 0 Å². The van der Waals surface area contributed by atoms with Crippen molar-refractivity contribution in [3.05, 3.63) is 17.5 Å². The molecule has 104 valence electrons. The quantitative estimate of drug-likeness (QED) is 0.673. The first-order valence-electron chi connectivity index (χ1n) is 6.37. The van der Waals surface area contributed by atoms with E-state index < -0.39 is 5.97 Å². The van der Waals surface area contributed by atoms with E-state index in [0.717, 1.165) is 12.8 Å². The molecule has 1 aromatic heterocycles. The lowest BCUT2D eigenvalue weighted by molar-refractivity contribution is 0.0692. The van der Waals surface area contributed by atoms with Crippen molar-refractivity contribution in [1.29, 1.82) is 0 Å². The number of carboxylic acids is 1. The zero-order valence-electron chi connectivity index (χ0n) is 11.2. The monoisotopic (exact) mass is 265 g/mol. The Hall–Kier alpha value is -1.98. The summed E-state index contributed by atoms with van der Waals surface area (Å²) >= 11 is 0. The topological polar surface area (TPSA) is 94.2 Å². The first-order valence-corrected chi connectivity index (χ1v) is 6.37. The molecule has 6 heteroatoms. The standard InChI is InChI=1S/C13H19N3O3/c1-8-6-9(10(15-8)11(17)18)16-12(19)14-7-13(2)4-3-5-13/h6,15H,3-5,7H2,1-2H3,(H,17,18)(H2,14,16,19). The van der Waals surface area contributed by atoms with E-state index in [1.807, 2.05) is 0 Å². The van der Waals surface area contributed by atoms with Crippen LogP contribution in [-0.2, 0) is 0 Å². The average Bonchev–Trinajstić information content (AvgIpc) is 2.65. The molecule has 1 heterocycles. The van der Waals surface area contributed by atoms with Crippen molar-refractivity contribution in [2.75, 3.05) is 11.9 Å². The molecule has 6 nitrogen and oxygen atoms in total. The molecule has 1 aliphatic rings. The lowest BCUT2D eigenvalue weighted by Crippen LogP contribution is -2.41. The minimum atomic E-state index is -1.09. The SMILES string of the molecule is Cc1cc(NC(=O)NCC2(C)CCC2)c(C(=O)O)[nH]1. The van der Waals surface area contributed by atoms with Crippen LogP contribution in [0.5, 0.6) is 0 Å². The van der Waals surface area contributed by atoms with Crippen molar-refractivity contribution in [3.63, 3.8) is 0 Å². The maximum atomic E-state index is 11.8. The number of H-pyrrole nitrogens is 1. The number of urea groups is 1. The molecule has 19 heavy (non-hydrogen) atoms. The number of hydrogen-bond donors (Lipinski definition) is 4. The highest BCUT2D eigenvalue weighted by molar-refractivity contribution is 5.99. The van der Waals surface area contributed by atoms with Crippen LogP contribution in [0.3, 0.4) is 0 Å². The maximum Gasteiger partial charge on any atom is 0.354 e. The molecule has 0 radical (unpaired) electrons. The Balaban J connectivity index is 1.93. The molecule has 0 unspecified atom stereocenters. The number of aromatic nitrogens is 1. The van der Waals surface area contributed by atoms with Gasteiger partial charge in [0.2, 0.25) is 0 Å². The van der Waals surface area contributed by atoms with E-state index in [-0.39, 0.29) is 17.1 Å². The summed E-state index contributed by atoms with van der Waals surface area (Å²) in [4.78, 5) is 25.4. The van der Waals surface area contributed by atoms with Gasteiger partial charge >= 0.3 is 12.0 Å². The smallest absolute Gasteiger partial charge is 0.354 e. The highest BCUT2D eigenvalue weighted by Crippen LogP contribution is 2.39. The van der Waals surface area contributed by atoms with Gasteiger partial charge in [-0.2, -0.15) is 0 Å². The fraction of sp³-hybridized carbons (Fsp3) is 0.538. The van der Waals surface area contributed by atoms with E-state index in [2.05, 4.69) is 22.5 Å². The van der Waals surface area contributed by atoms with Gasteiger partial charge in [-0.15, -0.1) is 0 Å². The summed E-state index contributed by atoms with van der Waals surface area (Å²) in [5.74, 6) is -1.09. The number of rotatable bonds is 4. The van der Waals surface area contributed by atoms with Crippen LogP contribution in [0.1, 0.15) is 42.4 Å². The molecule has 1 aromatic rings. The molecule has 0 spiro atoms. The highest BCUT2D eigenvalue weighted by Gasteiger charge is 2.31. The second-order valence-electron chi connectivity index (χ2n) is 5.52. The number of carbonyl (C=O) groups excluding carboxylic acids is 1. The number of carboxylic acid groups (broad SMARTS) is 1. The fourth-order valence-corrected chi connectivity index (χ4v) is 2.27. The maximum absolute atomic E-state index is 11.8. The summed E-state index contributed by atoms with van der Waals surface area (Å²) in [6.07, 6.45) is 3.45. The van der Waals surface area contributed by atoms with Gasteiger partial charge in [-0.25, -0.2) is 9.59 Å². The van der Waals surface area contributed by atoms with Gasteiger partial charge in [0.1, 0.15) is 5.69 Å². The minimum absolute atomic E-state index is 0.00232. The van der Waals surface area contributed by atoms with Crippen molar-refractivity contribution in [3.8, 4) is 0 Å². The highest BCUT2D eigenvalue weighted by atomic mass is 16.4. The molecule has 4 N–H and O–H groups in total. The van der Waals surface area contributed by atoms with Crippen molar-refractivity contribution < 1.29 is 14.7 Å². The van der Waals surface area contributed by atoms with Crippen molar-refractivity contribution in [2.24, 2.45) is 5.41 Å². The zero-order chi connectivity index (χ0) is 14.0. The van der Waals surface area contributed by atoms with Gasteiger partial charge in [-0.1, -0.05) is 13.3 Å². The van der Waals surface area contributed by atoms with Crippen molar-refractivity contribution in [2.45, 2.75) is 33.1 Å². The Morgan fingerprint density at radius 1 is 1.47 bits per heavy atom. The first-order chi connectivity index (χ1) is 8.89. The molecular formula is C13H19N3O3. The first kappa shape index (κ1) is 13.5. The van der Waals surface area contributed by atoms with E-state index in [0.29, 0.717) is 17.9 Å². The number of hydrogen-bond acceptors (Lipinski definition) is 2. The van der Waals surface area contributed by atoms with Crippen LogP contribution in [0.15, 0.2) is 6.07 Å². The molecule has 0 aromatic carbocycles. The second-order valence-corrected chi connectivity index (χ2v) is 5.52. The summed E-state index contributed by atoms with van der Waals surface area (Å²) in [7, 11) is 0. The van der Waals surface area contributed by atoms with Crippen LogP contribution in [0.4, 0.5) is 10.5 Å².